The zero-order valence-corrected chi connectivity index (χ0v) is 18.8. The highest BCUT2D eigenvalue weighted by atomic mass is 19.1. The molecule has 1 atom stereocenters. The van der Waals surface area contributed by atoms with Gasteiger partial charge in [0, 0.05) is 30.9 Å². The molecule has 3 aromatic rings. The number of hydrogen-bond donors (Lipinski definition) is 0. The van der Waals surface area contributed by atoms with E-state index in [2.05, 4.69) is 10.3 Å². The normalized spacial score (nSPS) is 16.7. The van der Waals surface area contributed by atoms with Crippen LogP contribution in [0, 0.1) is 23.0 Å². The molecule has 10 heteroatoms. The van der Waals surface area contributed by atoms with E-state index in [1.165, 1.54) is 27.9 Å². The summed E-state index contributed by atoms with van der Waals surface area (Å²) in [5.41, 5.74) is 2.67. The molecule has 2 aliphatic rings. The molecule has 0 aliphatic carbocycles. The number of piperidine rings is 1. The van der Waals surface area contributed by atoms with Gasteiger partial charge in [0.25, 0.3) is 0 Å². The number of nitriles is 1. The van der Waals surface area contributed by atoms with Crippen molar-refractivity contribution in [1.82, 2.24) is 19.9 Å². The van der Waals surface area contributed by atoms with Crippen LogP contribution in [0.2, 0.25) is 0 Å². The zero-order chi connectivity index (χ0) is 24.4. The maximum Gasteiger partial charge on any atom is 0.411 e. The first-order valence-corrected chi connectivity index (χ1v) is 11.3. The molecule has 0 N–H and O–H groups in total. The predicted molar refractivity (Wildman–Crippen MR) is 123 cm³/mol. The standard InChI is InChI=1S/C25H22F2N6O2/c26-21-16-19(24(33-12-9-29-30-33)32-13-14-35-25(32)34)1-3-20(21)18-2-4-23(22(27)15-18)31-10-6-17(5-8-28)7-11-31/h1-5,9,12,15-16,24H,6-7,10-11,13-14H2/t24-/m1/s1. The molecule has 1 aromatic heterocycles. The van der Waals surface area contributed by atoms with Crippen molar-refractivity contribution in [2.75, 3.05) is 31.1 Å². The lowest BCUT2D eigenvalue weighted by Crippen LogP contribution is -2.34. The van der Waals surface area contributed by atoms with Gasteiger partial charge in [-0.3, -0.25) is 4.90 Å². The minimum atomic E-state index is -0.714. The molecule has 2 saturated heterocycles. The van der Waals surface area contributed by atoms with Gasteiger partial charge in [-0.15, -0.1) is 5.10 Å². The van der Waals surface area contributed by atoms with E-state index in [-0.39, 0.29) is 12.2 Å². The van der Waals surface area contributed by atoms with Crippen LogP contribution in [0.4, 0.5) is 19.3 Å². The van der Waals surface area contributed by atoms with Gasteiger partial charge in [-0.25, -0.2) is 18.3 Å². The molecule has 5 rings (SSSR count). The number of cyclic esters (lactones) is 1. The fourth-order valence-corrected chi connectivity index (χ4v) is 4.58. The number of nitrogens with zero attached hydrogens (tertiary/aromatic N) is 6. The van der Waals surface area contributed by atoms with Crippen LogP contribution in [-0.4, -0.2) is 52.2 Å². The Morgan fingerprint density at radius 3 is 2.54 bits per heavy atom. The number of ether oxygens (including phenoxy) is 1. The number of hydrogen-bond acceptors (Lipinski definition) is 6. The molecular formula is C25H22F2N6O2. The number of rotatable bonds is 5. The van der Waals surface area contributed by atoms with Crippen LogP contribution in [0.15, 0.2) is 60.4 Å². The van der Waals surface area contributed by atoms with E-state index in [1.807, 2.05) is 11.0 Å². The number of halogens is 2. The second kappa shape index (κ2) is 9.54. The van der Waals surface area contributed by atoms with Crippen molar-refractivity contribution in [1.29, 1.82) is 5.26 Å². The molecule has 0 bridgehead atoms. The van der Waals surface area contributed by atoms with E-state index in [0.29, 0.717) is 49.3 Å². The third-order valence-corrected chi connectivity index (χ3v) is 6.34. The Bertz CT molecular complexity index is 1310. The zero-order valence-electron chi connectivity index (χ0n) is 18.8. The van der Waals surface area contributed by atoms with Gasteiger partial charge in [0.05, 0.1) is 24.5 Å². The Morgan fingerprint density at radius 2 is 1.91 bits per heavy atom. The van der Waals surface area contributed by atoms with Crippen molar-refractivity contribution >= 4 is 11.8 Å². The Kier molecular flexibility index (Phi) is 6.14. The van der Waals surface area contributed by atoms with Gasteiger partial charge < -0.3 is 9.64 Å². The first-order valence-electron chi connectivity index (χ1n) is 11.3. The molecule has 0 radical (unpaired) electrons. The highest BCUT2D eigenvalue weighted by Crippen LogP contribution is 2.33. The first-order chi connectivity index (χ1) is 17.0. The monoisotopic (exact) mass is 476 g/mol. The molecule has 35 heavy (non-hydrogen) atoms. The molecular weight excluding hydrogens is 454 g/mol. The van der Waals surface area contributed by atoms with Crippen LogP contribution in [-0.2, 0) is 4.74 Å². The van der Waals surface area contributed by atoms with Gasteiger partial charge in [-0.05, 0) is 42.2 Å². The third kappa shape index (κ3) is 4.45. The maximum absolute atomic E-state index is 15.3. The van der Waals surface area contributed by atoms with Crippen LogP contribution >= 0.6 is 0 Å². The molecule has 2 aromatic carbocycles. The fourth-order valence-electron chi connectivity index (χ4n) is 4.58. The molecule has 0 unspecified atom stereocenters. The topological polar surface area (TPSA) is 87.3 Å². The van der Waals surface area contributed by atoms with Crippen LogP contribution in [0.25, 0.3) is 11.1 Å². The summed E-state index contributed by atoms with van der Waals surface area (Å²) in [4.78, 5) is 15.6. The molecule has 2 fully saturated rings. The van der Waals surface area contributed by atoms with Crippen molar-refractivity contribution in [3.63, 3.8) is 0 Å². The van der Waals surface area contributed by atoms with E-state index in [0.717, 1.165) is 5.57 Å². The van der Waals surface area contributed by atoms with Crippen LogP contribution in [0.5, 0.6) is 0 Å². The fraction of sp³-hybridized carbons (Fsp3) is 0.280. The van der Waals surface area contributed by atoms with Crippen molar-refractivity contribution in [3.05, 3.63) is 77.6 Å². The quantitative estimate of drug-likeness (QED) is 0.511. The van der Waals surface area contributed by atoms with Crippen LogP contribution in [0.1, 0.15) is 24.6 Å². The second-order valence-electron chi connectivity index (χ2n) is 8.39. The first kappa shape index (κ1) is 22.5. The van der Waals surface area contributed by atoms with E-state index in [9.17, 15) is 4.79 Å². The molecule has 178 valence electrons. The summed E-state index contributed by atoms with van der Waals surface area (Å²) in [6.45, 7) is 1.82. The summed E-state index contributed by atoms with van der Waals surface area (Å²) < 4.78 is 36.8. The average Bonchev–Trinajstić information content (AvgIpc) is 3.53. The smallest absolute Gasteiger partial charge is 0.411 e. The largest absolute Gasteiger partial charge is 0.447 e. The summed E-state index contributed by atoms with van der Waals surface area (Å²) in [7, 11) is 0. The van der Waals surface area contributed by atoms with Crippen molar-refractivity contribution < 1.29 is 18.3 Å². The summed E-state index contributed by atoms with van der Waals surface area (Å²) in [5, 5.41) is 16.6. The van der Waals surface area contributed by atoms with Gasteiger partial charge in [-0.1, -0.05) is 29.0 Å². The summed E-state index contributed by atoms with van der Waals surface area (Å²) >= 11 is 0. The van der Waals surface area contributed by atoms with Crippen LogP contribution in [0.3, 0.4) is 0 Å². The van der Waals surface area contributed by atoms with E-state index >= 15 is 8.78 Å². The Hall–Kier alpha value is -4.26. The molecule has 0 spiro atoms. The van der Waals surface area contributed by atoms with Crippen molar-refractivity contribution in [2.45, 2.75) is 19.0 Å². The highest BCUT2D eigenvalue weighted by Gasteiger charge is 2.33. The average molecular weight is 476 g/mol. The second-order valence-corrected chi connectivity index (χ2v) is 8.39. The SMILES string of the molecule is N#CC=C1CCN(c2ccc(-c3ccc([C@H](N4CCOC4=O)n4ccnn4)cc3F)cc2F)CC1. The number of carbonyl (C=O) groups excluding carboxylic acids is 1. The number of carbonyl (C=O) groups is 1. The number of aromatic nitrogens is 3. The minimum absolute atomic E-state index is 0.239. The number of anilines is 1. The van der Waals surface area contributed by atoms with Gasteiger partial charge in [-0.2, -0.15) is 5.26 Å². The molecule has 0 saturated carbocycles. The van der Waals surface area contributed by atoms with Gasteiger partial charge in [0.2, 0.25) is 0 Å². The van der Waals surface area contributed by atoms with E-state index in [1.54, 1.807) is 36.5 Å². The van der Waals surface area contributed by atoms with Gasteiger partial charge in [0.1, 0.15) is 18.2 Å². The Balaban J connectivity index is 1.40. The van der Waals surface area contributed by atoms with Gasteiger partial charge >= 0.3 is 6.09 Å². The lowest BCUT2D eigenvalue weighted by molar-refractivity contribution is 0.139. The number of benzene rings is 2. The minimum Gasteiger partial charge on any atom is -0.447 e. The number of amides is 1. The maximum atomic E-state index is 15.3. The molecule has 8 nitrogen and oxygen atoms in total. The van der Waals surface area contributed by atoms with Crippen LogP contribution < -0.4 is 4.90 Å². The summed E-state index contributed by atoms with van der Waals surface area (Å²) in [6, 6.07) is 11.3. The van der Waals surface area contributed by atoms with Gasteiger partial charge in [0.15, 0.2) is 6.17 Å². The Labute approximate surface area is 200 Å². The molecule has 1 amide bonds. The van der Waals surface area contributed by atoms with Crippen molar-refractivity contribution in [2.24, 2.45) is 0 Å². The predicted octanol–water partition coefficient (Wildman–Crippen LogP) is 4.27. The Morgan fingerprint density at radius 1 is 1.09 bits per heavy atom. The van der Waals surface area contributed by atoms with E-state index < -0.39 is 23.9 Å². The van der Waals surface area contributed by atoms with E-state index in [4.69, 9.17) is 10.00 Å². The van der Waals surface area contributed by atoms with Crippen molar-refractivity contribution in [3.8, 4) is 17.2 Å². The lowest BCUT2D eigenvalue weighted by Gasteiger charge is -2.30. The molecule has 2 aliphatic heterocycles. The number of allylic oxidation sites excluding steroid dienone is 1. The molecule has 3 heterocycles. The lowest BCUT2D eigenvalue weighted by atomic mass is 10.00. The summed E-state index contributed by atoms with van der Waals surface area (Å²) in [5.74, 6) is -0.976. The summed E-state index contributed by atoms with van der Waals surface area (Å²) in [6.07, 6.45) is 4.82. The third-order valence-electron chi connectivity index (χ3n) is 6.34. The highest BCUT2D eigenvalue weighted by molar-refractivity contribution is 5.71.